The molecule has 0 aromatic heterocycles. The Morgan fingerprint density at radius 2 is 2.06 bits per heavy atom. The highest BCUT2D eigenvalue weighted by atomic mass is 32.2. The van der Waals surface area contributed by atoms with Crippen molar-refractivity contribution in [2.45, 2.75) is 4.90 Å². The largest absolute Gasteiger partial charge is 0.489 e. The van der Waals surface area contributed by atoms with E-state index in [1.54, 1.807) is 17.8 Å². The first-order valence-corrected chi connectivity index (χ1v) is 6.33. The SMILES string of the molecule is C=C1/C=C\C=C/CSc2c(B(O)O)cccc21. The zero-order valence-electron chi connectivity index (χ0n) is 9.34. The van der Waals surface area contributed by atoms with Crippen LogP contribution in [0.2, 0.25) is 0 Å². The normalized spacial score (nSPS) is 18.6. The van der Waals surface area contributed by atoms with Gasteiger partial charge >= 0.3 is 7.12 Å². The van der Waals surface area contributed by atoms with Gasteiger partial charge in [0.1, 0.15) is 0 Å². The van der Waals surface area contributed by atoms with Crippen LogP contribution in [0, 0.1) is 0 Å². The molecule has 0 aliphatic carbocycles. The summed E-state index contributed by atoms with van der Waals surface area (Å²) in [4.78, 5) is 0.892. The quantitative estimate of drug-likeness (QED) is 0.737. The molecule has 1 aromatic carbocycles. The Bertz CT molecular complexity index is 492. The zero-order valence-corrected chi connectivity index (χ0v) is 10.2. The summed E-state index contributed by atoms with van der Waals surface area (Å²) >= 11 is 1.59. The molecule has 0 unspecified atom stereocenters. The fraction of sp³-hybridized carbons (Fsp3) is 0.0769. The highest BCUT2D eigenvalue weighted by molar-refractivity contribution is 7.99. The Morgan fingerprint density at radius 1 is 1.24 bits per heavy atom. The van der Waals surface area contributed by atoms with Gasteiger partial charge in [0.25, 0.3) is 0 Å². The van der Waals surface area contributed by atoms with E-state index in [-0.39, 0.29) is 0 Å². The van der Waals surface area contributed by atoms with E-state index in [4.69, 9.17) is 0 Å². The molecule has 0 fully saturated rings. The Morgan fingerprint density at radius 3 is 2.82 bits per heavy atom. The minimum Gasteiger partial charge on any atom is -0.423 e. The third-order valence-electron chi connectivity index (χ3n) is 2.54. The first-order chi connectivity index (χ1) is 8.20. The van der Waals surface area contributed by atoms with Crippen LogP contribution in [0.5, 0.6) is 0 Å². The fourth-order valence-electron chi connectivity index (χ4n) is 1.70. The van der Waals surface area contributed by atoms with Gasteiger partial charge in [0.15, 0.2) is 0 Å². The van der Waals surface area contributed by atoms with Gasteiger partial charge < -0.3 is 10.0 Å². The van der Waals surface area contributed by atoms with Crippen LogP contribution in [0.1, 0.15) is 5.56 Å². The summed E-state index contributed by atoms with van der Waals surface area (Å²) in [6.07, 6.45) is 7.87. The highest BCUT2D eigenvalue weighted by Gasteiger charge is 2.19. The van der Waals surface area contributed by atoms with Crippen molar-refractivity contribution in [3.05, 3.63) is 54.6 Å². The molecule has 0 saturated heterocycles. The lowest BCUT2D eigenvalue weighted by Gasteiger charge is -2.13. The van der Waals surface area contributed by atoms with E-state index < -0.39 is 7.12 Å². The molecular formula is C13H13BO2S. The van der Waals surface area contributed by atoms with E-state index >= 15 is 0 Å². The summed E-state index contributed by atoms with van der Waals surface area (Å²) in [5.74, 6) is 0.800. The topological polar surface area (TPSA) is 40.5 Å². The molecule has 0 radical (unpaired) electrons. The standard InChI is InChI=1S/C13H13BO2S/c1-10-6-3-2-4-9-17-13-11(10)7-5-8-12(13)14(15)16/h2-8,15-16H,1,9H2/b4-2-,6-3-. The van der Waals surface area contributed by atoms with E-state index in [1.165, 1.54) is 0 Å². The van der Waals surface area contributed by atoms with Crippen molar-refractivity contribution in [2.24, 2.45) is 0 Å². The molecular weight excluding hydrogens is 231 g/mol. The van der Waals surface area contributed by atoms with Crippen molar-refractivity contribution in [1.82, 2.24) is 0 Å². The van der Waals surface area contributed by atoms with Crippen LogP contribution in [0.15, 0.2) is 54.0 Å². The van der Waals surface area contributed by atoms with E-state index in [0.717, 1.165) is 21.8 Å². The van der Waals surface area contributed by atoms with Crippen molar-refractivity contribution >= 4 is 29.9 Å². The smallest absolute Gasteiger partial charge is 0.423 e. The summed E-state index contributed by atoms with van der Waals surface area (Å²) < 4.78 is 0. The van der Waals surface area contributed by atoms with Gasteiger partial charge in [-0.15, -0.1) is 11.8 Å². The van der Waals surface area contributed by atoms with Gasteiger partial charge in [0.05, 0.1) is 0 Å². The minimum absolute atomic E-state index is 0.539. The molecule has 4 heteroatoms. The van der Waals surface area contributed by atoms with Crippen LogP contribution < -0.4 is 5.46 Å². The molecule has 2 N–H and O–H groups in total. The number of rotatable bonds is 1. The summed E-state index contributed by atoms with van der Waals surface area (Å²) in [6, 6.07) is 5.50. The fourth-order valence-corrected chi connectivity index (χ4v) is 2.77. The molecule has 17 heavy (non-hydrogen) atoms. The third kappa shape index (κ3) is 2.72. The van der Waals surface area contributed by atoms with Gasteiger partial charge in [-0.05, 0) is 16.6 Å². The molecule has 2 nitrogen and oxygen atoms in total. The maximum absolute atomic E-state index is 9.37. The van der Waals surface area contributed by atoms with Crippen molar-refractivity contribution in [1.29, 1.82) is 0 Å². The second-order valence-corrected chi connectivity index (χ2v) is 4.75. The summed E-state index contributed by atoms with van der Waals surface area (Å²) in [6.45, 7) is 4.00. The van der Waals surface area contributed by atoms with Crippen LogP contribution in [-0.4, -0.2) is 22.9 Å². The average Bonchev–Trinajstić information content (AvgIpc) is 2.40. The number of benzene rings is 1. The van der Waals surface area contributed by atoms with Gasteiger partial charge in [-0.25, -0.2) is 0 Å². The van der Waals surface area contributed by atoms with Crippen LogP contribution in [0.3, 0.4) is 0 Å². The van der Waals surface area contributed by atoms with E-state index in [1.807, 2.05) is 36.4 Å². The summed E-state index contributed by atoms with van der Waals surface area (Å²) in [7, 11) is -1.45. The van der Waals surface area contributed by atoms with Crippen molar-refractivity contribution in [3.8, 4) is 0 Å². The first kappa shape index (κ1) is 12.2. The van der Waals surface area contributed by atoms with Crippen LogP contribution >= 0.6 is 11.8 Å². The maximum Gasteiger partial charge on any atom is 0.489 e. The molecule has 0 saturated carbocycles. The highest BCUT2D eigenvalue weighted by Crippen LogP contribution is 2.28. The second kappa shape index (κ2) is 5.40. The Labute approximate surface area is 106 Å². The minimum atomic E-state index is -1.45. The van der Waals surface area contributed by atoms with Crippen LogP contribution in [-0.2, 0) is 0 Å². The van der Waals surface area contributed by atoms with Gasteiger partial charge in [-0.2, -0.15) is 0 Å². The second-order valence-electron chi connectivity index (χ2n) is 3.72. The number of hydrogen-bond acceptors (Lipinski definition) is 3. The van der Waals surface area contributed by atoms with E-state index in [0.29, 0.717) is 5.46 Å². The molecule has 2 rings (SSSR count). The van der Waals surface area contributed by atoms with E-state index in [2.05, 4.69) is 6.58 Å². The molecule has 0 spiro atoms. The zero-order chi connectivity index (χ0) is 12.3. The molecule has 0 atom stereocenters. The Kier molecular flexibility index (Phi) is 3.89. The molecule has 1 aliphatic rings. The molecule has 1 aliphatic heterocycles. The predicted octanol–water partition coefficient (Wildman–Crippen LogP) is 1.60. The number of fused-ring (bicyclic) bond motifs is 1. The average molecular weight is 244 g/mol. The Balaban J connectivity index is 2.55. The van der Waals surface area contributed by atoms with Gasteiger partial charge in [0.2, 0.25) is 0 Å². The monoisotopic (exact) mass is 244 g/mol. The number of thioether (sulfide) groups is 1. The lowest BCUT2D eigenvalue weighted by Crippen LogP contribution is -2.32. The predicted molar refractivity (Wildman–Crippen MR) is 74.3 cm³/mol. The van der Waals surface area contributed by atoms with Gasteiger partial charge in [-0.3, -0.25) is 0 Å². The number of hydrogen-bond donors (Lipinski definition) is 2. The van der Waals surface area contributed by atoms with E-state index in [9.17, 15) is 10.0 Å². The maximum atomic E-state index is 9.37. The summed E-state index contributed by atoms with van der Waals surface area (Å²) in [5, 5.41) is 18.7. The lowest BCUT2D eigenvalue weighted by molar-refractivity contribution is 0.425. The lowest BCUT2D eigenvalue weighted by atomic mass is 9.79. The van der Waals surface area contributed by atoms with Crippen molar-refractivity contribution in [3.63, 3.8) is 0 Å². The van der Waals surface area contributed by atoms with Gasteiger partial charge in [-0.1, -0.05) is 49.1 Å². The molecule has 1 aromatic rings. The summed E-state index contributed by atoms with van der Waals surface area (Å²) in [5.41, 5.74) is 2.37. The number of allylic oxidation sites excluding steroid dienone is 4. The molecule has 0 amide bonds. The van der Waals surface area contributed by atoms with Crippen molar-refractivity contribution < 1.29 is 10.0 Å². The van der Waals surface area contributed by atoms with Crippen molar-refractivity contribution in [2.75, 3.05) is 5.75 Å². The van der Waals surface area contributed by atoms with Gasteiger partial charge in [0, 0.05) is 10.6 Å². The Hall–Kier alpha value is -1.23. The first-order valence-electron chi connectivity index (χ1n) is 5.34. The molecule has 1 heterocycles. The van der Waals surface area contributed by atoms with Crippen LogP contribution in [0.4, 0.5) is 0 Å². The van der Waals surface area contributed by atoms with Crippen LogP contribution in [0.25, 0.3) is 5.57 Å². The molecule has 0 bridgehead atoms. The third-order valence-corrected chi connectivity index (χ3v) is 3.64. The molecule has 86 valence electrons.